The molecule has 0 bridgehead atoms. The summed E-state index contributed by atoms with van der Waals surface area (Å²) in [7, 11) is 0. The van der Waals surface area contributed by atoms with Gasteiger partial charge in [0.15, 0.2) is 0 Å². The Labute approximate surface area is 215 Å². The number of ether oxygens (including phenoxy) is 1. The first kappa shape index (κ1) is 24.7. The van der Waals surface area contributed by atoms with Crippen LogP contribution in [0.25, 0.3) is 11.3 Å². The molecule has 0 atom stereocenters. The van der Waals surface area contributed by atoms with Gasteiger partial charge in [-0.25, -0.2) is 14.4 Å². The van der Waals surface area contributed by atoms with Crippen molar-refractivity contribution in [3.05, 3.63) is 107 Å². The Kier molecular flexibility index (Phi) is 7.58. The lowest BCUT2D eigenvalue weighted by Crippen LogP contribution is -2.35. The predicted octanol–water partition coefficient (Wildman–Crippen LogP) is 4.66. The van der Waals surface area contributed by atoms with E-state index in [9.17, 15) is 9.18 Å². The maximum atomic E-state index is 14.5. The second-order valence-electron chi connectivity index (χ2n) is 9.06. The van der Waals surface area contributed by atoms with Crippen LogP contribution in [0.2, 0.25) is 0 Å². The maximum absolute atomic E-state index is 14.5. The van der Waals surface area contributed by atoms with Gasteiger partial charge in [-0.2, -0.15) is 0 Å². The first-order chi connectivity index (χ1) is 18.1. The number of rotatable bonds is 7. The van der Waals surface area contributed by atoms with Crippen LogP contribution in [0.4, 0.5) is 10.1 Å². The number of anilines is 1. The van der Waals surface area contributed by atoms with Gasteiger partial charge < -0.3 is 10.1 Å². The lowest BCUT2D eigenvalue weighted by atomic mass is 9.97. The van der Waals surface area contributed by atoms with Crippen molar-refractivity contribution >= 4 is 11.6 Å². The summed E-state index contributed by atoms with van der Waals surface area (Å²) in [4.78, 5) is 28.2. The van der Waals surface area contributed by atoms with Crippen LogP contribution in [0.5, 0.6) is 0 Å². The van der Waals surface area contributed by atoms with Gasteiger partial charge in [-0.1, -0.05) is 6.07 Å². The molecule has 0 aliphatic carbocycles. The number of aryl methyl sites for hydroxylation is 1. The number of amides is 1. The summed E-state index contributed by atoms with van der Waals surface area (Å²) in [5, 5.41) is 2.93. The van der Waals surface area contributed by atoms with Gasteiger partial charge >= 0.3 is 0 Å². The molecule has 2 aromatic heterocycles. The van der Waals surface area contributed by atoms with Gasteiger partial charge in [0.25, 0.3) is 5.91 Å². The van der Waals surface area contributed by atoms with Crippen LogP contribution < -0.4 is 5.32 Å². The Morgan fingerprint density at radius 3 is 2.70 bits per heavy atom. The highest BCUT2D eigenvalue weighted by atomic mass is 19.1. The van der Waals surface area contributed by atoms with Crippen LogP contribution in [0.3, 0.4) is 0 Å². The van der Waals surface area contributed by atoms with Crippen molar-refractivity contribution in [1.82, 2.24) is 19.9 Å². The fourth-order valence-corrected chi connectivity index (χ4v) is 4.42. The van der Waals surface area contributed by atoms with Crippen molar-refractivity contribution in [3.8, 4) is 11.3 Å². The first-order valence-corrected chi connectivity index (χ1v) is 12.3. The van der Waals surface area contributed by atoms with Crippen LogP contribution in [-0.4, -0.2) is 52.1 Å². The molecule has 0 radical (unpaired) electrons. The van der Waals surface area contributed by atoms with Gasteiger partial charge in [0, 0.05) is 60.8 Å². The average Bonchev–Trinajstić information content (AvgIpc) is 2.93. The number of aromatic nitrogens is 3. The molecule has 0 spiro atoms. The molecule has 3 heterocycles. The normalized spacial score (nSPS) is 13.9. The average molecular weight is 498 g/mol. The Bertz CT molecular complexity index is 1390. The highest BCUT2D eigenvalue weighted by molar-refractivity contribution is 6.04. The topological polar surface area (TPSA) is 80.2 Å². The summed E-state index contributed by atoms with van der Waals surface area (Å²) in [6.07, 6.45) is 5.53. The fourth-order valence-electron chi connectivity index (χ4n) is 4.42. The van der Waals surface area contributed by atoms with Gasteiger partial charge in [-0.3, -0.25) is 14.7 Å². The number of carbonyl (C=O) groups is 1. The molecule has 0 saturated carbocycles. The zero-order valence-electron chi connectivity index (χ0n) is 20.7. The molecule has 188 valence electrons. The van der Waals surface area contributed by atoms with E-state index >= 15 is 0 Å². The van der Waals surface area contributed by atoms with E-state index in [2.05, 4.69) is 25.2 Å². The smallest absolute Gasteiger partial charge is 0.255 e. The second kappa shape index (κ2) is 11.4. The fraction of sp³-hybridized carbons (Fsp3) is 0.241. The molecule has 8 heteroatoms. The lowest BCUT2D eigenvalue weighted by Gasteiger charge is -2.26. The third-order valence-electron chi connectivity index (χ3n) is 6.52. The summed E-state index contributed by atoms with van der Waals surface area (Å²) in [5.41, 5.74) is 6.29. The number of nitrogens with one attached hydrogen (secondary N) is 1. The number of halogens is 1. The molecule has 1 aliphatic rings. The van der Waals surface area contributed by atoms with E-state index < -0.39 is 0 Å². The minimum Gasteiger partial charge on any atom is -0.379 e. The van der Waals surface area contributed by atoms with Gasteiger partial charge in [0.2, 0.25) is 0 Å². The molecule has 0 unspecified atom stereocenters. The van der Waals surface area contributed by atoms with Crippen molar-refractivity contribution < 1.29 is 13.9 Å². The summed E-state index contributed by atoms with van der Waals surface area (Å²) < 4.78 is 19.8. The zero-order chi connectivity index (χ0) is 25.6. The molecule has 1 fully saturated rings. The number of nitrogens with zero attached hydrogens (tertiary/aromatic N) is 4. The van der Waals surface area contributed by atoms with Crippen molar-refractivity contribution in [2.75, 3.05) is 31.6 Å². The van der Waals surface area contributed by atoms with Crippen LogP contribution in [-0.2, 0) is 17.7 Å². The Hall–Kier alpha value is -4.01. The van der Waals surface area contributed by atoms with Crippen molar-refractivity contribution in [3.63, 3.8) is 0 Å². The van der Waals surface area contributed by atoms with Gasteiger partial charge in [0.05, 0.1) is 24.6 Å². The number of hydrogen-bond donors (Lipinski definition) is 1. The molecule has 37 heavy (non-hydrogen) atoms. The number of carbonyl (C=O) groups excluding carboxylic acids is 1. The first-order valence-electron chi connectivity index (χ1n) is 12.3. The van der Waals surface area contributed by atoms with E-state index in [1.165, 1.54) is 12.4 Å². The van der Waals surface area contributed by atoms with Crippen LogP contribution >= 0.6 is 0 Å². The minimum absolute atomic E-state index is 0.248. The maximum Gasteiger partial charge on any atom is 0.255 e. The zero-order valence-corrected chi connectivity index (χ0v) is 20.7. The van der Waals surface area contributed by atoms with E-state index in [1.807, 2.05) is 37.3 Å². The lowest BCUT2D eigenvalue weighted by molar-refractivity contribution is 0.0337. The van der Waals surface area contributed by atoms with Gasteiger partial charge in [-0.15, -0.1) is 0 Å². The summed E-state index contributed by atoms with van der Waals surface area (Å²) in [6.45, 7) is 5.31. The van der Waals surface area contributed by atoms with Gasteiger partial charge in [0.1, 0.15) is 12.1 Å². The largest absolute Gasteiger partial charge is 0.379 e. The van der Waals surface area contributed by atoms with E-state index in [1.54, 1.807) is 30.6 Å². The summed E-state index contributed by atoms with van der Waals surface area (Å²) >= 11 is 0. The van der Waals surface area contributed by atoms with Crippen LogP contribution in [0.1, 0.15) is 32.7 Å². The van der Waals surface area contributed by atoms with Crippen molar-refractivity contribution in [2.24, 2.45) is 0 Å². The number of benzene rings is 2. The Morgan fingerprint density at radius 2 is 1.89 bits per heavy atom. The molecule has 4 aromatic rings. The minimum atomic E-state index is -0.281. The molecule has 7 nitrogen and oxygen atoms in total. The Morgan fingerprint density at radius 1 is 1.03 bits per heavy atom. The molecule has 1 aliphatic heterocycles. The van der Waals surface area contributed by atoms with Crippen molar-refractivity contribution in [2.45, 2.75) is 19.9 Å². The van der Waals surface area contributed by atoms with Gasteiger partial charge in [-0.05, 0) is 66.6 Å². The van der Waals surface area contributed by atoms with E-state index in [-0.39, 0.29) is 11.7 Å². The molecule has 5 rings (SSSR count). The number of hydrogen-bond acceptors (Lipinski definition) is 6. The van der Waals surface area contributed by atoms with E-state index in [0.717, 1.165) is 41.2 Å². The van der Waals surface area contributed by atoms with Crippen molar-refractivity contribution in [1.29, 1.82) is 0 Å². The third kappa shape index (κ3) is 6.04. The monoisotopic (exact) mass is 497 g/mol. The number of morpholine rings is 1. The Balaban J connectivity index is 1.34. The summed E-state index contributed by atoms with van der Waals surface area (Å²) in [6, 6.07) is 16.1. The molecule has 1 amide bonds. The second-order valence-corrected chi connectivity index (χ2v) is 9.06. The molecular formula is C29H28FN5O2. The summed E-state index contributed by atoms with van der Waals surface area (Å²) in [5.74, 6) is -0.529. The number of pyridine rings is 1. The quantitative estimate of drug-likeness (QED) is 0.400. The highest BCUT2D eigenvalue weighted by Gasteiger charge is 2.16. The van der Waals surface area contributed by atoms with Crippen LogP contribution in [0, 0.1) is 12.7 Å². The molecule has 1 N–H and O–H groups in total. The highest BCUT2D eigenvalue weighted by Crippen LogP contribution is 2.24. The van der Waals surface area contributed by atoms with E-state index in [4.69, 9.17) is 4.74 Å². The standard InChI is InChI=1S/C29H28FN5O2/c1-20-4-5-21(15-22(20)17-28-25(3-2-9-32-28)27-8-10-31-19-33-27)29(36)34-24-6-7-26(30)23(16-24)18-35-11-13-37-14-12-35/h2-10,15-16,19H,11-14,17-18H2,1H3,(H,34,36). The third-order valence-corrected chi connectivity index (χ3v) is 6.52. The SMILES string of the molecule is Cc1ccc(C(=O)Nc2ccc(F)c(CN3CCOCC3)c2)cc1Cc1ncccc1-c1ccncn1. The molecule has 2 aromatic carbocycles. The molecular weight excluding hydrogens is 469 g/mol. The van der Waals surface area contributed by atoms with E-state index in [0.29, 0.717) is 43.0 Å². The predicted molar refractivity (Wildman–Crippen MR) is 140 cm³/mol. The molecule has 1 saturated heterocycles. The van der Waals surface area contributed by atoms with Crippen LogP contribution in [0.15, 0.2) is 73.3 Å².